The lowest BCUT2D eigenvalue weighted by molar-refractivity contribution is -0.415. The van der Waals surface area contributed by atoms with Crippen LogP contribution in [0.2, 0.25) is 0 Å². The van der Waals surface area contributed by atoms with E-state index in [1.54, 1.807) is 49.9 Å². The number of benzene rings is 1. The highest BCUT2D eigenvalue weighted by Crippen LogP contribution is 2.52. The molecule has 4 saturated heterocycles. The van der Waals surface area contributed by atoms with E-state index in [0.29, 0.717) is 24.2 Å². The number of rotatable bonds is 6. The molecule has 14 heteroatoms. The number of hydroxylamine groups is 2. The van der Waals surface area contributed by atoms with Gasteiger partial charge in [-0.05, 0) is 51.3 Å². The van der Waals surface area contributed by atoms with E-state index in [1.807, 2.05) is 0 Å². The fourth-order valence-corrected chi connectivity index (χ4v) is 4.44. The zero-order chi connectivity index (χ0) is 24.9. The van der Waals surface area contributed by atoms with E-state index in [1.165, 1.54) is 0 Å². The molecule has 5 rings (SSSR count). The normalized spacial score (nSPS) is 28.1. The Hall–Kier alpha value is -2.62. The lowest BCUT2D eigenvalue weighted by Gasteiger charge is -2.45. The van der Waals surface area contributed by atoms with Crippen LogP contribution in [0.1, 0.15) is 39.2 Å². The number of nitrogens with zero attached hydrogens (tertiary/aromatic N) is 2. The third-order valence-corrected chi connectivity index (χ3v) is 6.11. The standard InChI is InChI=1S/C20H26N4O9S/c1-19(2,3)17(27)31-13-6-4-12(5-7-13)10-15(25)21-22-16(26)14-8-9-20-11-23(14)18(32-20)24(20)33-34(28,29)30/h4-7,14,18H,8-11H2,1-3H3,(H,21,25)(H,22,26)(H,28,29,30)/t14-,18?,20?/m0/s1. The zero-order valence-electron chi connectivity index (χ0n) is 18.8. The number of hydrogen-bond donors (Lipinski definition) is 3. The van der Waals surface area contributed by atoms with Crippen LogP contribution >= 0.6 is 0 Å². The molecule has 3 unspecified atom stereocenters. The molecule has 13 nitrogen and oxygen atoms in total. The maximum Gasteiger partial charge on any atom is 0.414 e. The molecular weight excluding hydrogens is 472 g/mol. The minimum absolute atomic E-state index is 0.0209. The van der Waals surface area contributed by atoms with Gasteiger partial charge in [-0.15, -0.1) is 4.28 Å². The third kappa shape index (κ3) is 4.92. The van der Waals surface area contributed by atoms with E-state index in [2.05, 4.69) is 15.1 Å². The Balaban J connectivity index is 1.26. The summed E-state index contributed by atoms with van der Waals surface area (Å²) in [6.45, 7) is 5.45. The van der Waals surface area contributed by atoms with E-state index in [0.717, 1.165) is 5.06 Å². The summed E-state index contributed by atoms with van der Waals surface area (Å²) in [5.74, 6) is -0.956. The van der Waals surface area contributed by atoms with Crippen LogP contribution < -0.4 is 15.6 Å². The molecule has 0 radical (unpaired) electrons. The number of ether oxygens (including phenoxy) is 2. The van der Waals surface area contributed by atoms with Gasteiger partial charge in [-0.1, -0.05) is 17.2 Å². The van der Waals surface area contributed by atoms with Gasteiger partial charge in [0, 0.05) is 6.54 Å². The highest BCUT2D eigenvalue weighted by Gasteiger charge is 2.70. The zero-order valence-corrected chi connectivity index (χ0v) is 19.6. The molecule has 4 heterocycles. The third-order valence-electron chi connectivity index (χ3n) is 5.76. The first-order chi connectivity index (χ1) is 15.8. The maximum absolute atomic E-state index is 12.6. The van der Waals surface area contributed by atoms with Gasteiger partial charge in [0.15, 0.2) is 12.1 Å². The molecule has 2 amide bonds. The quantitative estimate of drug-likeness (QED) is 0.207. The summed E-state index contributed by atoms with van der Waals surface area (Å²) in [5, 5.41) is 1.02. The van der Waals surface area contributed by atoms with Gasteiger partial charge in [0.2, 0.25) is 5.91 Å². The van der Waals surface area contributed by atoms with E-state index < -0.39 is 45.7 Å². The highest BCUT2D eigenvalue weighted by atomic mass is 32.3. The van der Waals surface area contributed by atoms with Crippen molar-refractivity contribution in [3.63, 3.8) is 0 Å². The van der Waals surface area contributed by atoms with Gasteiger partial charge in [-0.3, -0.25) is 29.8 Å². The van der Waals surface area contributed by atoms with Crippen LogP contribution in [0, 0.1) is 5.41 Å². The molecule has 4 aliphatic heterocycles. The van der Waals surface area contributed by atoms with Gasteiger partial charge >= 0.3 is 16.4 Å². The van der Waals surface area contributed by atoms with Crippen molar-refractivity contribution in [2.24, 2.45) is 5.41 Å². The molecule has 0 aliphatic carbocycles. The molecule has 4 aliphatic rings. The minimum Gasteiger partial charge on any atom is -0.426 e. The molecule has 34 heavy (non-hydrogen) atoms. The SMILES string of the molecule is CC(C)(C)C(=O)Oc1ccc(CC(=O)NNC(=O)[C@@H]2CCC34CN2C(O3)N4OS(=O)(=O)O)cc1. The van der Waals surface area contributed by atoms with Crippen molar-refractivity contribution < 1.29 is 41.1 Å². The summed E-state index contributed by atoms with van der Waals surface area (Å²) in [7, 11) is -4.72. The lowest BCUT2D eigenvalue weighted by Crippen LogP contribution is -2.63. The number of hydrazine groups is 1. The Bertz CT molecular complexity index is 1100. The van der Waals surface area contributed by atoms with Crippen molar-refractivity contribution in [3.8, 4) is 5.75 Å². The molecule has 0 saturated carbocycles. The Morgan fingerprint density at radius 1 is 1.21 bits per heavy atom. The smallest absolute Gasteiger partial charge is 0.414 e. The van der Waals surface area contributed by atoms with Crippen molar-refractivity contribution in [1.29, 1.82) is 0 Å². The fourth-order valence-electron chi connectivity index (χ4n) is 4.03. The maximum atomic E-state index is 12.6. The molecule has 1 aromatic carbocycles. The average Bonchev–Trinajstić information content (AvgIpc) is 3.15. The first-order valence-corrected chi connectivity index (χ1v) is 11.9. The fraction of sp³-hybridized carbons (Fsp3) is 0.550. The number of carbonyl (C=O) groups excluding carboxylic acids is 3. The largest absolute Gasteiger partial charge is 0.426 e. The van der Waals surface area contributed by atoms with Crippen LogP contribution in [-0.4, -0.2) is 65.4 Å². The van der Waals surface area contributed by atoms with E-state index in [4.69, 9.17) is 14.0 Å². The van der Waals surface area contributed by atoms with Crippen molar-refractivity contribution in [1.82, 2.24) is 20.8 Å². The summed E-state index contributed by atoms with van der Waals surface area (Å²) in [5.41, 5.74) is 3.72. The Morgan fingerprint density at radius 2 is 1.88 bits per heavy atom. The van der Waals surface area contributed by atoms with Gasteiger partial charge in [0.25, 0.3) is 5.91 Å². The summed E-state index contributed by atoms with van der Waals surface area (Å²) in [4.78, 5) is 38.4. The molecular formula is C20H26N4O9S. The molecule has 4 fully saturated rings. The molecule has 186 valence electrons. The van der Waals surface area contributed by atoms with Crippen molar-refractivity contribution in [3.05, 3.63) is 29.8 Å². The van der Waals surface area contributed by atoms with Gasteiger partial charge in [-0.25, -0.2) is 4.90 Å². The monoisotopic (exact) mass is 498 g/mol. The number of nitrogens with one attached hydrogen (secondary N) is 2. The average molecular weight is 499 g/mol. The summed E-state index contributed by atoms with van der Waals surface area (Å²) >= 11 is 0. The summed E-state index contributed by atoms with van der Waals surface area (Å²) in [6, 6.07) is 5.77. The molecule has 1 aromatic rings. The predicted molar refractivity (Wildman–Crippen MR) is 113 cm³/mol. The van der Waals surface area contributed by atoms with Crippen molar-refractivity contribution in [2.75, 3.05) is 6.54 Å². The van der Waals surface area contributed by atoms with Crippen molar-refractivity contribution >= 4 is 28.2 Å². The number of hydrogen-bond acceptors (Lipinski definition) is 10. The van der Waals surface area contributed by atoms with Crippen LogP contribution in [0.3, 0.4) is 0 Å². The second kappa shape index (κ2) is 8.55. The van der Waals surface area contributed by atoms with Crippen molar-refractivity contribution in [2.45, 2.75) is 58.2 Å². The first kappa shape index (κ1) is 24.5. The van der Waals surface area contributed by atoms with Crippen LogP contribution in [-0.2, 0) is 40.2 Å². The van der Waals surface area contributed by atoms with Gasteiger partial charge in [0.1, 0.15) is 5.75 Å². The van der Waals surface area contributed by atoms with Gasteiger partial charge in [-0.2, -0.15) is 8.42 Å². The summed E-state index contributed by atoms with van der Waals surface area (Å²) < 4.78 is 46.5. The van der Waals surface area contributed by atoms with Crippen LogP contribution in [0.5, 0.6) is 5.75 Å². The highest BCUT2D eigenvalue weighted by molar-refractivity contribution is 7.80. The Labute approximate surface area is 196 Å². The number of esters is 1. The number of amides is 2. The van der Waals surface area contributed by atoms with E-state index >= 15 is 0 Å². The first-order valence-electron chi connectivity index (χ1n) is 10.6. The van der Waals surface area contributed by atoms with Crippen LogP contribution in [0.4, 0.5) is 0 Å². The second-order valence-electron chi connectivity index (χ2n) is 9.44. The topological polar surface area (TPSA) is 164 Å². The predicted octanol–water partition coefficient (Wildman–Crippen LogP) is -0.147. The van der Waals surface area contributed by atoms with Crippen LogP contribution in [0.25, 0.3) is 0 Å². The van der Waals surface area contributed by atoms with Gasteiger partial charge in [0.05, 0.1) is 17.9 Å². The van der Waals surface area contributed by atoms with E-state index in [-0.39, 0.29) is 18.9 Å². The summed E-state index contributed by atoms with van der Waals surface area (Å²) in [6.07, 6.45) is -0.319. The molecule has 4 atom stereocenters. The molecule has 3 N–H and O–H groups in total. The second-order valence-corrected chi connectivity index (χ2v) is 10.4. The minimum atomic E-state index is -4.72. The molecule has 3 bridgehead atoms. The van der Waals surface area contributed by atoms with Crippen LogP contribution in [0.15, 0.2) is 24.3 Å². The number of piperidine rings is 1. The Morgan fingerprint density at radius 3 is 2.50 bits per heavy atom. The van der Waals surface area contributed by atoms with Gasteiger partial charge < -0.3 is 9.47 Å². The van der Waals surface area contributed by atoms with E-state index in [9.17, 15) is 22.8 Å². The molecule has 1 spiro atoms. The Kier molecular flexibility index (Phi) is 6.16. The lowest BCUT2D eigenvalue weighted by atomic mass is 9.97. The number of carbonyl (C=O) groups is 3. The molecule has 0 aromatic heterocycles.